The highest BCUT2D eigenvalue weighted by molar-refractivity contribution is 5.97. The lowest BCUT2D eigenvalue weighted by molar-refractivity contribution is -0.134. The highest BCUT2D eigenvalue weighted by atomic mass is 16.2. The number of likely N-dealkylation sites (tertiary alicyclic amines) is 1. The molecule has 1 aliphatic heterocycles. The van der Waals surface area contributed by atoms with Crippen molar-refractivity contribution >= 4 is 23.4 Å². The normalized spacial score (nSPS) is 18.8. The molecule has 1 atom stereocenters. The number of rotatable bonds is 7. The molecule has 1 saturated carbocycles. The summed E-state index contributed by atoms with van der Waals surface area (Å²) < 4.78 is 1.84. The van der Waals surface area contributed by atoms with Crippen LogP contribution in [-0.4, -0.2) is 51.3 Å². The van der Waals surface area contributed by atoms with Crippen molar-refractivity contribution in [3.05, 3.63) is 48.5 Å². The van der Waals surface area contributed by atoms with E-state index in [0.717, 1.165) is 32.1 Å². The largest absolute Gasteiger partial charge is 0.347 e. The first-order valence-electron chi connectivity index (χ1n) is 11.0. The van der Waals surface area contributed by atoms with E-state index in [4.69, 9.17) is 0 Å². The van der Waals surface area contributed by atoms with E-state index in [1.807, 2.05) is 15.7 Å². The fourth-order valence-corrected chi connectivity index (χ4v) is 4.39. The van der Waals surface area contributed by atoms with Crippen molar-refractivity contribution < 1.29 is 14.4 Å². The molecule has 0 radical (unpaired) electrons. The van der Waals surface area contributed by atoms with Crippen LogP contribution in [-0.2, 0) is 16.1 Å². The van der Waals surface area contributed by atoms with E-state index in [1.165, 1.54) is 0 Å². The Hall–Kier alpha value is -3.16. The Labute approximate surface area is 182 Å². The highest BCUT2D eigenvalue weighted by Gasteiger charge is 2.32. The summed E-state index contributed by atoms with van der Waals surface area (Å²) in [6.07, 6.45) is 10.5. The summed E-state index contributed by atoms with van der Waals surface area (Å²) in [4.78, 5) is 43.4. The van der Waals surface area contributed by atoms with Gasteiger partial charge in [-0.2, -0.15) is 0 Å². The number of hydrogen-bond donors (Lipinski definition) is 2. The molecular weight excluding hydrogens is 394 g/mol. The summed E-state index contributed by atoms with van der Waals surface area (Å²) in [5.41, 5.74) is 1.08. The molecule has 8 heteroatoms. The van der Waals surface area contributed by atoms with Gasteiger partial charge in [-0.05, 0) is 37.5 Å². The number of aromatic nitrogens is 2. The fraction of sp³-hybridized carbons (Fsp3) is 0.478. The van der Waals surface area contributed by atoms with E-state index >= 15 is 0 Å². The lowest BCUT2D eigenvalue weighted by Gasteiger charge is -2.20. The van der Waals surface area contributed by atoms with Crippen molar-refractivity contribution in [3.63, 3.8) is 0 Å². The maximum Gasteiger partial charge on any atom is 0.251 e. The monoisotopic (exact) mass is 423 g/mol. The summed E-state index contributed by atoms with van der Waals surface area (Å²) in [7, 11) is 0. The van der Waals surface area contributed by atoms with Gasteiger partial charge in [0, 0.05) is 61.7 Å². The number of carbonyl (C=O) groups is 3. The van der Waals surface area contributed by atoms with Crippen LogP contribution in [0.4, 0.5) is 5.69 Å². The molecule has 4 rings (SSSR count). The number of benzene rings is 1. The van der Waals surface area contributed by atoms with Crippen LogP contribution in [0.25, 0.3) is 0 Å². The number of amides is 3. The average molecular weight is 424 g/mol. The SMILES string of the molecule is O=C(CCn1ccnc1)Nc1cccc(C(=O)NC2CCN(C(=O)C3CCCC3)C2)c1. The first kappa shape index (κ1) is 21.1. The third-order valence-electron chi connectivity index (χ3n) is 6.10. The van der Waals surface area contributed by atoms with E-state index in [0.29, 0.717) is 37.3 Å². The van der Waals surface area contributed by atoms with Gasteiger partial charge >= 0.3 is 0 Å². The molecule has 0 spiro atoms. The van der Waals surface area contributed by atoms with Gasteiger partial charge < -0.3 is 20.1 Å². The van der Waals surface area contributed by atoms with Crippen molar-refractivity contribution in [1.82, 2.24) is 19.8 Å². The molecule has 1 aliphatic carbocycles. The molecule has 2 N–H and O–H groups in total. The van der Waals surface area contributed by atoms with Gasteiger partial charge in [0.05, 0.1) is 6.33 Å². The second-order valence-corrected chi connectivity index (χ2v) is 8.40. The molecule has 31 heavy (non-hydrogen) atoms. The minimum atomic E-state index is -0.185. The molecule has 2 aliphatic rings. The van der Waals surface area contributed by atoms with Crippen LogP contribution in [0.5, 0.6) is 0 Å². The Morgan fingerprint density at radius 1 is 1.13 bits per heavy atom. The van der Waals surface area contributed by atoms with Crippen LogP contribution in [0.1, 0.15) is 48.9 Å². The van der Waals surface area contributed by atoms with Crippen LogP contribution in [0.3, 0.4) is 0 Å². The number of imidazole rings is 1. The Kier molecular flexibility index (Phi) is 6.64. The molecule has 2 fully saturated rings. The third-order valence-corrected chi connectivity index (χ3v) is 6.10. The summed E-state index contributed by atoms with van der Waals surface area (Å²) in [6, 6.07) is 6.90. The molecule has 2 aromatic rings. The van der Waals surface area contributed by atoms with Crippen molar-refractivity contribution in [2.75, 3.05) is 18.4 Å². The molecule has 1 saturated heterocycles. The van der Waals surface area contributed by atoms with Gasteiger partial charge in [-0.25, -0.2) is 4.98 Å². The van der Waals surface area contributed by atoms with Crippen molar-refractivity contribution in [3.8, 4) is 0 Å². The second-order valence-electron chi connectivity index (χ2n) is 8.40. The van der Waals surface area contributed by atoms with E-state index in [2.05, 4.69) is 15.6 Å². The molecule has 2 heterocycles. The number of hydrogen-bond acceptors (Lipinski definition) is 4. The maximum atomic E-state index is 12.7. The van der Waals surface area contributed by atoms with Crippen LogP contribution < -0.4 is 10.6 Å². The number of aryl methyl sites for hydroxylation is 1. The fourth-order valence-electron chi connectivity index (χ4n) is 4.39. The summed E-state index contributed by atoms with van der Waals surface area (Å²) in [5.74, 6) is 0.107. The van der Waals surface area contributed by atoms with Crippen LogP contribution in [0.15, 0.2) is 43.0 Å². The van der Waals surface area contributed by atoms with Gasteiger partial charge in [0.15, 0.2) is 0 Å². The van der Waals surface area contributed by atoms with Gasteiger partial charge in [0.1, 0.15) is 0 Å². The van der Waals surface area contributed by atoms with Gasteiger partial charge in [0.2, 0.25) is 11.8 Å². The lowest BCUT2D eigenvalue weighted by Crippen LogP contribution is -2.39. The molecule has 1 unspecified atom stereocenters. The second kappa shape index (κ2) is 9.76. The number of nitrogens with one attached hydrogen (secondary N) is 2. The Morgan fingerprint density at radius 2 is 1.97 bits per heavy atom. The van der Waals surface area contributed by atoms with E-state index in [1.54, 1.807) is 36.8 Å². The molecule has 0 bridgehead atoms. The van der Waals surface area contributed by atoms with Crippen molar-refractivity contribution in [1.29, 1.82) is 0 Å². The number of nitrogens with zero attached hydrogens (tertiary/aromatic N) is 3. The third kappa shape index (κ3) is 5.51. The standard InChI is InChI=1S/C23H29N5O3/c29-21(9-11-27-13-10-24-16-27)25-19-7-3-6-18(14-19)22(30)26-20-8-12-28(15-20)23(31)17-4-1-2-5-17/h3,6-7,10,13-14,16-17,20H,1-2,4-5,8-9,11-12,15H2,(H,25,29)(H,26,30). The van der Waals surface area contributed by atoms with Gasteiger partial charge in [-0.15, -0.1) is 0 Å². The van der Waals surface area contributed by atoms with Crippen LogP contribution in [0, 0.1) is 5.92 Å². The zero-order valence-electron chi connectivity index (χ0n) is 17.6. The predicted molar refractivity (Wildman–Crippen MR) is 116 cm³/mol. The lowest BCUT2D eigenvalue weighted by atomic mass is 10.1. The van der Waals surface area contributed by atoms with Crippen LogP contribution >= 0.6 is 0 Å². The molecule has 1 aromatic carbocycles. The average Bonchev–Trinajstić information content (AvgIpc) is 3.55. The Morgan fingerprint density at radius 3 is 2.74 bits per heavy atom. The topological polar surface area (TPSA) is 96.3 Å². The van der Waals surface area contributed by atoms with Gasteiger partial charge in [-0.1, -0.05) is 18.9 Å². The molecule has 1 aromatic heterocycles. The first-order chi connectivity index (χ1) is 15.1. The molecule has 3 amide bonds. The van der Waals surface area contributed by atoms with E-state index in [-0.39, 0.29) is 29.7 Å². The Bertz CT molecular complexity index is 921. The molecule has 164 valence electrons. The quantitative estimate of drug-likeness (QED) is 0.715. The summed E-state index contributed by atoms with van der Waals surface area (Å²) in [5, 5.41) is 5.88. The first-order valence-corrected chi connectivity index (χ1v) is 11.0. The van der Waals surface area contributed by atoms with E-state index < -0.39 is 0 Å². The Balaban J connectivity index is 1.27. The summed E-state index contributed by atoms with van der Waals surface area (Å²) >= 11 is 0. The maximum absolute atomic E-state index is 12.7. The minimum Gasteiger partial charge on any atom is -0.347 e. The van der Waals surface area contributed by atoms with Crippen molar-refractivity contribution in [2.24, 2.45) is 5.92 Å². The smallest absolute Gasteiger partial charge is 0.251 e. The zero-order valence-corrected chi connectivity index (χ0v) is 17.6. The minimum absolute atomic E-state index is 0.0359. The number of carbonyl (C=O) groups excluding carboxylic acids is 3. The van der Waals surface area contributed by atoms with Gasteiger partial charge in [-0.3, -0.25) is 14.4 Å². The highest BCUT2D eigenvalue weighted by Crippen LogP contribution is 2.28. The number of anilines is 1. The molecule has 8 nitrogen and oxygen atoms in total. The van der Waals surface area contributed by atoms with Crippen LogP contribution in [0.2, 0.25) is 0 Å². The van der Waals surface area contributed by atoms with E-state index in [9.17, 15) is 14.4 Å². The van der Waals surface area contributed by atoms with Gasteiger partial charge in [0.25, 0.3) is 5.91 Å². The zero-order chi connectivity index (χ0) is 21.6. The summed E-state index contributed by atoms with van der Waals surface area (Å²) in [6.45, 7) is 1.82. The molecular formula is C23H29N5O3. The van der Waals surface area contributed by atoms with Crippen molar-refractivity contribution in [2.45, 2.75) is 51.1 Å². The predicted octanol–water partition coefficient (Wildman–Crippen LogP) is 2.43.